The van der Waals surface area contributed by atoms with E-state index in [0.717, 1.165) is 11.3 Å². The number of hydrogen-bond donors (Lipinski definition) is 1. The van der Waals surface area contributed by atoms with Crippen molar-refractivity contribution >= 4 is 23.2 Å². The normalized spacial score (nSPS) is 15.2. The van der Waals surface area contributed by atoms with Crippen LogP contribution < -0.4 is 5.56 Å². The minimum Gasteiger partial charge on any atom is -0.341 e. The summed E-state index contributed by atoms with van der Waals surface area (Å²) in [5.74, 6) is -0.132. The van der Waals surface area contributed by atoms with Gasteiger partial charge in [0, 0.05) is 37.1 Å². The molecule has 0 aromatic carbocycles. The molecule has 8 heteroatoms. The van der Waals surface area contributed by atoms with E-state index in [1.54, 1.807) is 16.2 Å². The second-order valence-electron chi connectivity index (χ2n) is 5.59. The van der Waals surface area contributed by atoms with E-state index in [9.17, 15) is 14.4 Å². The number of thiophene rings is 1. The number of rotatable bonds is 3. The van der Waals surface area contributed by atoms with Gasteiger partial charge < -0.3 is 9.80 Å². The lowest BCUT2D eigenvalue weighted by molar-refractivity contribution is -0.130. The molecule has 0 atom stereocenters. The first-order chi connectivity index (χ1) is 11.6. The zero-order chi connectivity index (χ0) is 16.9. The fraction of sp³-hybridized carbons (Fsp3) is 0.375. The highest BCUT2D eigenvalue weighted by atomic mass is 32.1. The van der Waals surface area contributed by atoms with E-state index in [-0.39, 0.29) is 23.1 Å². The van der Waals surface area contributed by atoms with Crippen molar-refractivity contribution in [3.8, 4) is 0 Å². The quantitative estimate of drug-likeness (QED) is 0.888. The summed E-state index contributed by atoms with van der Waals surface area (Å²) in [4.78, 5) is 40.4. The summed E-state index contributed by atoms with van der Waals surface area (Å²) in [5.41, 5.74) is -0.124. The molecule has 1 aliphatic rings. The number of carbonyl (C=O) groups is 2. The summed E-state index contributed by atoms with van der Waals surface area (Å²) in [5, 5.41) is 8.01. The monoisotopic (exact) mass is 346 g/mol. The first kappa shape index (κ1) is 16.4. The number of nitrogens with one attached hydrogen (secondary N) is 1. The molecule has 0 bridgehead atoms. The van der Waals surface area contributed by atoms with Gasteiger partial charge >= 0.3 is 0 Å². The number of carbonyl (C=O) groups excluding carboxylic acids is 2. The van der Waals surface area contributed by atoms with Gasteiger partial charge in [0.15, 0.2) is 0 Å². The SMILES string of the molecule is O=C(Cc1cccs1)N1CCCN(C(=O)c2ccc(=O)[nH]n2)CC1. The van der Waals surface area contributed by atoms with Crippen LogP contribution in [0.3, 0.4) is 0 Å². The van der Waals surface area contributed by atoms with Gasteiger partial charge in [-0.25, -0.2) is 5.10 Å². The summed E-state index contributed by atoms with van der Waals surface area (Å²) in [7, 11) is 0. The Hall–Kier alpha value is -2.48. The molecule has 24 heavy (non-hydrogen) atoms. The lowest BCUT2D eigenvalue weighted by Gasteiger charge is -2.21. The molecule has 7 nitrogen and oxygen atoms in total. The molecule has 2 amide bonds. The van der Waals surface area contributed by atoms with Crippen molar-refractivity contribution in [1.82, 2.24) is 20.0 Å². The summed E-state index contributed by atoms with van der Waals surface area (Å²) >= 11 is 1.58. The van der Waals surface area contributed by atoms with E-state index in [1.165, 1.54) is 12.1 Å². The molecule has 3 rings (SSSR count). The zero-order valence-corrected chi connectivity index (χ0v) is 13.9. The van der Waals surface area contributed by atoms with Gasteiger partial charge in [0.1, 0.15) is 5.69 Å². The number of H-pyrrole nitrogens is 1. The van der Waals surface area contributed by atoms with Crippen molar-refractivity contribution in [3.63, 3.8) is 0 Å². The highest BCUT2D eigenvalue weighted by molar-refractivity contribution is 7.10. The molecule has 0 aliphatic carbocycles. The van der Waals surface area contributed by atoms with Crippen LogP contribution in [0.1, 0.15) is 21.8 Å². The second kappa shape index (κ2) is 7.39. The Morgan fingerprint density at radius 1 is 1.12 bits per heavy atom. The van der Waals surface area contributed by atoms with E-state index in [1.807, 2.05) is 22.4 Å². The number of aromatic nitrogens is 2. The fourth-order valence-electron chi connectivity index (χ4n) is 2.67. The minimum atomic E-state index is -0.340. The molecule has 3 heterocycles. The highest BCUT2D eigenvalue weighted by Gasteiger charge is 2.23. The Labute approximate surface area is 142 Å². The molecule has 0 spiro atoms. The van der Waals surface area contributed by atoms with Gasteiger partial charge in [0.2, 0.25) is 5.91 Å². The molecule has 126 valence electrons. The van der Waals surface area contributed by atoms with Crippen molar-refractivity contribution in [1.29, 1.82) is 0 Å². The van der Waals surface area contributed by atoms with Crippen molar-refractivity contribution < 1.29 is 9.59 Å². The molecule has 1 fully saturated rings. The Morgan fingerprint density at radius 3 is 2.62 bits per heavy atom. The summed E-state index contributed by atoms with van der Waals surface area (Å²) < 4.78 is 0. The van der Waals surface area contributed by atoms with Crippen LogP contribution in [0.2, 0.25) is 0 Å². The standard InChI is InChI=1S/C16H18N4O3S/c21-14-5-4-13(17-18-14)16(23)20-7-2-6-19(8-9-20)15(22)11-12-3-1-10-24-12/h1,3-5,10H,2,6-9,11H2,(H,18,21). The second-order valence-corrected chi connectivity index (χ2v) is 6.62. The Bertz CT molecular complexity index is 751. The predicted octanol–water partition coefficient (Wildman–Crippen LogP) is 0.749. The van der Waals surface area contributed by atoms with Crippen LogP contribution in [0.15, 0.2) is 34.4 Å². The maximum atomic E-state index is 12.4. The van der Waals surface area contributed by atoms with Crippen LogP contribution in [0.4, 0.5) is 0 Å². The molecular formula is C16H18N4O3S. The van der Waals surface area contributed by atoms with Gasteiger partial charge in [0.25, 0.3) is 11.5 Å². The Morgan fingerprint density at radius 2 is 1.92 bits per heavy atom. The van der Waals surface area contributed by atoms with Crippen molar-refractivity contribution in [2.45, 2.75) is 12.8 Å². The largest absolute Gasteiger partial charge is 0.341 e. The fourth-order valence-corrected chi connectivity index (χ4v) is 3.37. The highest BCUT2D eigenvalue weighted by Crippen LogP contribution is 2.13. The number of nitrogens with zero attached hydrogens (tertiary/aromatic N) is 3. The average molecular weight is 346 g/mol. The van der Waals surface area contributed by atoms with Gasteiger partial charge in [-0.15, -0.1) is 11.3 Å². The van der Waals surface area contributed by atoms with Crippen LogP contribution in [0.5, 0.6) is 0 Å². The van der Waals surface area contributed by atoms with Crippen LogP contribution in [0, 0.1) is 0 Å². The van der Waals surface area contributed by atoms with Crippen molar-refractivity contribution in [2.24, 2.45) is 0 Å². The number of amides is 2. The average Bonchev–Trinajstić information content (AvgIpc) is 2.96. The Kier molecular flexibility index (Phi) is 5.05. The number of hydrogen-bond acceptors (Lipinski definition) is 5. The summed E-state index contributed by atoms with van der Waals surface area (Å²) in [6, 6.07) is 6.60. The molecule has 0 radical (unpaired) electrons. The zero-order valence-electron chi connectivity index (χ0n) is 13.1. The summed E-state index contributed by atoms with van der Waals surface area (Å²) in [6.07, 6.45) is 1.14. The van der Waals surface area contributed by atoms with Gasteiger partial charge in [-0.3, -0.25) is 14.4 Å². The predicted molar refractivity (Wildman–Crippen MR) is 90.0 cm³/mol. The van der Waals surface area contributed by atoms with E-state index in [2.05, 4.69) is 10.2 Å². The topological polar surface area (TPSA) is 86.4 Å². The molecule has 1 saturated heterocycles. The van der Waals surface area contributed by atoms with Crippen molar-refractivity contribution in [2.75, 3.05) is 26.2 Å². The van der Waals surface area contributed by atoms with E-state index in [4.69, 9.17) is 0 Å². The first-order valence-corrected chi connectivity index (χ1v) is 8.66. The first-order valence-electron chi connectivity index (χ1n) is 7.78. The lowest BCUT2D eigenvalue weighted by Crippen LogP contribution is -2.38. The third-order valence-corrected chi connectivity index (χ3v) is 4.82. The smallest absolute Gasteiger partial charge is 0.274 e. The number of aromatic amines is 1. The van der Waals surface area contributed by atoms with Gasteiger partial charge in [0.05, 0.1) is 6.42 Å². The lowest BCUT2D eigenvalue weighted by atomic mass is 10.3. The van der Waals surface area contributed by atoms with E-state index >= 15 is 0 Å². The maximum Gasteiger partial charge on any atom is 0.274 e. The Balaban J connectivity index is 1.60. The van der Waals surface area contributed by atoms with E-state index < -0.39 is 0 Å². The van der Waals surface area contributed by atoms with Crippen LogP contribution in [0.25, 0.3) is 0 Å². The van der Waals surface area contributed by atoms with E-state index in [0.29, 0.717) is 32.6 Å². The molecule has 1 aliphatic heterocycles. The third-order valence-electron chi connectivity index (χ3n) is 3.94. The molecular weight excluding hydrogens is 328 g/mol. The summed E-state index contributed by atoms with van der Waals surface area (Å²) in [6.45, 7) is 2.20. The van der Waals surface area contributed by atoms with Crippen molar-refractivity contribution in [3.05, 3.63) is 50.6 Å². The molecule has 1 N–H and O–H groups in total. The van der Waals surface area contributed by atoms with Gasteiger partial charge in [-0.2, -0.15) is 5.10 Å². The third kappa shape index (κ3) is 3.88. The molecule has 0 saturated carbocycles. The molecule has 2 aromatic heterocycles. The minimum absolute atomic E-state index is 0.0916. The maximum absolute atomic E-state index is 12.4. The van der Waals surface area contributed by atoms with Gasteiger partial charge in [-0.1, -0.05) is 6.07 Å². The molecule has 2 aromatic rings. The molecule has 0 unspecified atom stereocenters. The van der Waals surface area contributed by atoms with Gasteiger partial charge in [-0.05, 0) is 23.9 Å². The van der Waals surface area contributed by atoms with Crippen LogP contribution in [-0.2, 0) is 11.2 Å². The van der Waals surface area contributed by atoms with Crippen LogP contribution >= 0.6 is 11.3 Å². The van der Waals surface area contributed by atoms with Crippen LogP contribution in [-0.4, -0.2) is 58.0 Å².